The summed E-state index contributed by atoms with van der Waals surface area (Å²) in [6.07, 6.45) is 4.08. The Bertz CT molecular complexity index is 1270. The maximum absolute atomic E-state index is 5.49. The van der Waals surface area contributed by atoms with Crippen LogP contribution in [0.15, 0.2) is 54.9 Å². The van der Waals surface area contributed by atoms with Gasteiger partial charge in [0.2, 0.25) is 0 Å². The van der Waals surface area contributed by atoms with E-state index in [0.29, 0.717) is 0 Å². The Balaban J connectivity index is 1.19. The predicted molar refractivity (Wildman–Crippen MR) is 144 cm³/mol. The van der Waals surface area contributed by atoms with Crippen LogP contribution in [0, 0.1) is 0 Å². The van der Waals surface area contributed by atoms with Gasteiger partial charge in [-0.15, -0.1) is 11.3 Å². The first-order valence-electron chi connectivity index (χ1n) is 12.6. The highest BCUT2D eigenvalue weighted by Gasteiger charge is 2.16. The number of hydrogen-bond donors (Lipinski definition) is 1. The molecule has 3 aromatic heterocycles. The third-order valence-electron chi connectivity index (χ3n) is 7.23. The average Bonchev–Trinajstić information content (AvgIpc) is 3.53. The van der Waals surface area contributed by atoms with Crippen molar-refractivity contribution in [3.63, 3.8) is 0 Å². The normalized spacial score (nSPS) is 18.4. The fourth-order valence-electron chi connectivity index (χ4n) is 5.02. The third-order valence-corrected chi connectivity index (χ3v) is 8.33. The van der Waals surface area contributed by atoms with Crippen LogP contribution >= 0.6 is 11.3 Å². The van der Waals surface area contributed by atoms with Crippen LogP contribution in [-0.2, 0) is 17.8 Å². The first kappa shape index (κ1) is 22.9. The number of hydrogen-bond acceptors (Lipinski definition) is 6. The van der Waals surface area contributed by atoms with E-state index in [9.17, 15) is 0 Å². The predicted octanol–water partition coefficient (Wildman–Crippen LogP) is 4.54. The molecule has 0 atom stereocenters. The Hall–Kier alpha value is -2.55. The number of ether oxygens (including phenoxy) is 1. The lowest BCUT2D eigenvalue weighted by Gasteiger charge is -2.32. The Kier molecular flexibility index (Phi) is 6.67. The van der Waals surface area contributed by atoms with E-state index < -0.39 is 0 Å². The zero-order valence-electron chi connectivity index (χ0n) is 20.4. The molecule has 7 heteroatoms. The number of pyridine rings is 1. The minimum Gasteiger partial charge on any atom is -0.379 e. The van der Waals surface area contributed by atoms with Crippen molar-refractivity contribution in [1.82, 2.24) is 24.7 Å². The maximum Gasteiger partial charge on any atom is 0.137 e. The summed E-state index contributed by atoms with van der Waals surface area (Å²) in [5, 5.41) is 1.18. The van der Waals surface area contributed by atoms with Crippen LogP contribution in [0.1, 0.15) is 10.4 Å². The molecule has 0 amide bonds. The van der Waals surface area contributed by atoms with Gasteiger partial charge in [-0.1, -0.05) is 24.3 Å². The van der Waals surface area contributed by atoms with Crippen LogP contribution in [0.4, 0.5) is 0 Å². The van der Waals surface area contributed by atoms with Crippen molar-refractivity contribution in [1.29, 1.82) is 0 Å². The van der Waals surface area contributed by atoms with Crippen LogP contribution in [-0.4, -0.2) is 84.2 Å². The molecule has 1 aromatic carbocycles. The molecule has 0 radical (unpaired) electrons. The number of morpholine rings is 1. The number of aromatic amines is 1. The summed E-state index contributed by atoms with van der Waals surface area (Å²) in [7, 11) is 2.20. The lowest BCUT2D eigenvalue weighted by Crippen LogP contribution is -2.43. The number of fused-ring (bicyclic) bond motifs is 1. The fourth-order valence-corrected chi connectivity index (χ4v) is 6.10. The van der Waals surface area contributed by atoms with Crippen molar-refractivity contribution in [2.24, 2.45) is 0 Å². The van der Waals surface area contributed by atoms with Crippen molar-refractivity contribution >= 4 is 22.4 Å². The van der Waals surface area contributed by atoms with Crippen LogP contribution in [0.3, 0.4) is 0 Å². The SMILES string of the molecule is CN1CCN(Cc2ccc(-c3cnc4[nH]cc(-c5ccc(CN6CCOCC6)s5)c4c3)cc2)CC1. The summed E-state index contributed by atoms with van der Waals surface area (Å²) in [5.41, 5.74) is 5.93. The van der Waals surface area contributed by atoms with E-state index in [-0.39, 0.29) is 0 Å². The summed E-state index contributed by atoms with van der Waals surface area (Å²) in [6.45, 7) is 10.3. The molecule has 6 rings (SSSR count). The van der Waals surface area contributed by atoms with Gasteiger partial charge in [-0.2, -0.15) is 0 Å². The number of aromatic nitrogens is 2. The quantitative estimate of drug-likeness (QED) is 0.433. The van der Waals surface area contributed by atoms with Gasteiger partial charge in [0.05, 0.1) is 13.2 Å². The maximum atomic E-state index is 5.49. The van der Waals surface area contributed by atoms with Gasteiger partial charge in [0, 0.05) is 91.0 Å². The minimum atomic E-state index is 0.839. The topological polar surface area (TPSA) is 47.6 Å². The van der Waals surface area contributed by atoms with E-state index in [2.05, 4.69) is 75.4 Å². The van der Waals surface area contributed by atoms with E-state index in [1.165, 1.54) is 31.8 Å². The van der Waals surface area contributed by atoms with E-state index >= 15 is 0 Å². The molecule has 0 spiro atoms. The third kappa shape index (κ3) is 5.20. The zero-order valence-corrected chi connectivity index (χ0v) is 21.2. The van der Waals surface area contributed by atoms with Crippen LogP contribution in [0.2, 0.25) is 0 Å². The largest absolute Gasteiger partial charge is 0.379 e. The molecule has 182 valence electrons. The molecule has 2 fully saturated rings. The van der Waals surface area contributed by atoms with Gasteiger partial charge >= 0.3 is 0 Å². The van der Waals surface area contributed by atoms with Crippen LogP contribution in [0.25, 0.3) is 32.6 Å². The Morgan fingerprint density at radius 3 is 2.46 bits per heavy atom. The van der Waals surface area contributed by atoms with E-state index in [1.807, 2.05) is 17.5 Å². The molecular weight excluding hydrogens is 454 g/mol. The number of piperazine rings is 1. The standard InChI is InChI=1S/C28H33N5OS/c1-31-8-10-32(11-9-31)19-21-2-4-22(5-3-21)23-16-25-26(18-30-28(25)29-17-23)27-7-6-24(35-27)20-33-12-14-34-15-13-33/h2-7,16-18H,8-15,19-20H2,1H3,(H,29,30). The summed E-state index contributed by atoms with van der Waals surface area (Å²) < 4.78 is 5.49. The smallest absolute Gasteiger partial charge is 0.137 e. The van der Waals surface area contributed by atoms with E-state index in [0.717, 1.165) is 76.8 Å². The van der Waals surface area contributed by atoms with Gasteiger partial charge in [-0.05, 0) is 36.4 Å². The van der Waals surface area contributed by atoms with Gasteiger partial charge in [-0.25, -0.2) is 4.98 Å². The summed E-state index contributed by atoms with van der Waals surface area (Å²) >= 11 is 1.88. The van der Waals surface area contributed by atoms with Crippen molar-refractivity contribution in [2.75, 3.05) is 59.5 Å². The van der Waals surface area contributed by atoms with Crippen LogP contribution < -0.4 is 0 Å². The highest BCUT2D eigenvalue weighted by molar-refractivity contribution is 7.15. The molecule has 0 unspecified atom stereocenters. The number of H-pyrrole nitrogens is 1. The minimum absolute atomic E-state index is 0.839. The second kappa shape index (κ2) is 10.2. The molecule has 0 aliphatic carbocycles. The number of rotatable bonds is 6. The van der Waals surface area contributed by atoms with Gasteiger partial charge in [-0.3, -0.25) is 9.80 Å². The molecule has 2 saturated heterocycles. The van der Waals surface area contributed by atoms with Gasteiger partial charge in [0.15, 0.2) is 0 Å². The second-order valence-electron chi connectivity index (χ2n) is 9.75. The molecule has 6 nitrogen and oxygen atoms in total. The number of benzene rings is 1. The van der Waals surface area contributed by atoms with Crippen LogP contribution in [0.5, 0.6) is 0 Å². The highest BCUT2D eigenvalue weighted by atomic mass is 32.1. The lowest BCUT2D eigenvalue weighted by molar-refractivity contribution is 0.0346. The highest BCUT2D eigenvalue weighted by Crippen LogP contribution is 2.35. The summed E-state index contributed by atoms with van der Waals surface area (Å²) in [5.74, 6) is 0. The molecule has 0 saturated carbocycles. The van der Waals surface area contributed by atoms with Crippen molar-refractivity contribution in [2.45, 2.75) is 13.1 Å². The second-order valence-corrected chi connectivity index (χ2v) is 10.9. The molecule has 0 bridgehead atoms. The molecule has 5 heterocycles. The first-order chi connectivity index (χ1) is 17.2. The Morgan fingerprint density at radius 1 is 0.886 bits per heavy atom. The summed E-state index contributed by atoms with van der Waals surface area (Å²) in [6, 6.07) is 15.8. The number of nitrogens with one attached hydrogen (secondary N) is 1. The Labute approximate surface area is 211 Å². The van der Waals surface area contributed by atoms with E-state index in [1.54, 1.807) is 0 Å². The molecule has 4 aromatic rings. The molecule has 35 heavy (non-hydrogen) atoms. The van der Waals surface area contributed by atoms with Gasteiger partial charge in [0.25, 0.3) is 0 Å². The molecule has 1 N–H and O–H groups in total. The average molecular weight is 488 g/mol. The fraction of sp³-hybridized carbons (Fsp3) is 0.393. The molecule has 2 aliphatic heterocycles. The lowest BCUT2D eigenvalue weighted by atomic mass is 10.0. The number of nitrogens with zero attached hydrogens (tertiary/aromatic N) is 4. The zero-order chi connectivity index (χ0) is 23.6. The number of likely N-dealkylation sites (N-methyl/N-ethyl adjacent to an activating group) is 1. The first-order valence-corrected chi connectivity index (χ1v) is 13.4. The monoisotopic (exact) mass is 487 g/mol. The number of thiophene rings is 1. The summed E-state index contributed by atoms with van der Waals surface area (Å²) in [4.78, 5) is 18.2. The van der Waals surface area contributed by atoms with Crippen molar-refractivity contribution in [3.05, 3.63) is 65.3 Å². The molecule has 2 aliphatic rings. The van der Waals surface area contributed by atoms with Gasteiger partial charge < -0.3 is 14.6 Å². The molecular formula is C28H33N5OS. The van der Waals surface area contributed by atoms with E-state index in [4.69, 9.17) is 9.72 Å². The van der Waals surface area contributed by atoms with Crippen molar-refractivity contribution < 1.29 is 4.74 Å². The van der Waals surface area contributed by atoms with Crippen molar-refractivity contribution in [3.8, 4) is 21.6 Å². The van der Waals surface area contributed by atoms with Gasteiger partial charge in [0.1, 0.15) is 5.65 Å². The Morgan fingerprint density at radius 2 is 1.66 bits per heavy atom.